The third-order valence-corrected chi connectivity index (χ3v) is 5.16. The SMILES string of the molecule is Cc1ccccc1CNC(=O)N1CC(N2CCCC[C@H]2C)C1. The van der Waals surface area contributed by atoms with E-state index in [2.05, 4.69) is 36.2 Å². The van der Waals surface area contributed by atoms with Crippen LogP contribution >= 0.6 is 0 Å². The molecule has 0 aliphatic carbocycles. The average Bonchev–Trinajstić information content (AvgIpc) is 2.47. The number of hydrogen-bond donors (Lipinski definition) is 1. The van der Waals surface area contributed by atoms with Crippen LogP contribution in [0.1, 0.15) is 37.3 Å². The fourth-order valence-electron chi connectivity index (χ4n) is 3.58. The summed E-state index contributed by atoms with van der Waals surface area (Å²) < 4.78 is 0. The molecule has 1 aromatic carbocycles. The van der Waals surface area contributed by atoms with Gasteiger partial charge in [-0.05, 0) is 44.4 Å². The number of carbonyl (C=O) groups excluding carboxylic acids is 1. The Hall–Kier alpha value is -1.55. The average molecular weight is 301 g/mol. The van der Waals surface area contributed by atoms with E-state index in [1.807, 2.05) is 17.0 Å². The van der Waals surface area contributed by atoms with E-state index in [4.69, 9.17) is 0 Å². The molecule has 4 nitrogen and oxygen atoms in total. The number of likely N-dealkylation sites (tertiary alicyclic amines) is 2. The molecule has 0 aromatic heterocycles. The van der Waals surface area contributed by atoms with Gasteiger partial charge in [0.15, 0.2) is 0 Å². The highest BCUT2D eigenvalue weighted by Gasteiger charge is 2.37. The van der Waals surface area contributed by atoms with Gasteiger partial charge in [-0.1, -0.05) is 30.7 Å². The quantitative estimate of drug-likeness (QED) is 0.932. The molecule has 0 bridgehead atoms. The van der Waals surface area contributed by atoms with Crippen molar-refractivity contribution in [1.29, 1.82) is 0 Å². The molecular formula is C18H27N3O. The van der Waals surface area contributed by atoms with Crippen molar-refractivity contribution in [1.82, 2.24) is 15.1 Å². The molecule has 0 spiro atoms. The predicted octanol–water partition coefficient (Wildman–Crippen LogP) is 2.76. The van der Waals surface area contributed by atoms with Crippen LogP contribution in [0, 0.1) is 6.92 Å². The maximum atomic E-state index is 12.2. The molecule has 22 heavy (non-hydrogen) atoms. The van der Waals surface area contributed by atoms with Crippen LogP contribution in [0.25, 0.3) is 0 Å². The first-order chi connectivity index (χ1) is 10.6. The van der Waals surface area contributed by atoms with Gasteiger partial charge < -0.3 is 10.2 Å². The lowest BCUT2D eigenvalue weighted by atomic mass is 9.98. The zero-order valence-electron chi connectivity index (χ0n) is 13.7. The Bertz CT molecular complexity index is 525. The smallest absolute Gasteiger partial charge is 0.317 e. The van der Waals surface area contributed by atoms with Crippen molar-refractivity contribution in [3.63, 3.8) is 0 Å². The Morgan fingerprint density at radius 2 is 2.05 bits per heavy atom. The van der Waals surface area contributed by atoms with Gasteiger partial charge >= 0.3 is 6.03 Å². The largest absolute Gasteiger partial charge is 0.334 e. The molecule has 2 amide bonds. The fourth-order valence-corrected chi connectivity index (χ4v) is 3.58. The zero-order valence-corrected chi connectivity index (χ0v) is 13.7. The van der Waals surface area contributed by atoms with Gasteiger partial charge in [-0.25, -0.2) is 4.79 Å². The van der Waals surface area contributed by atoms with Gasteiger partial charge in [-0.2, -0.15) is 0 Å². The van der Waals surface area contributed by atoms with Gasteiger partial charge in [0.2, 0.25) is 0 Å². The number of nitrogens with zero attached hydrogens (tertiary/aromatic N) is 2. The molecule has 0 radical (unpaired) electrons. The van der Waals surface area contributed by atoms with Gasteiger partial charge in [0.25, 0.3) is 0 Å². The number of urea groups is 1. The molecule has 4 heteroatoms. The van der Waals surface area contributed by atoms with Gasteiger partial charge in [0.05, 0.1) is 0 Å². The van der Waals surface area contributed by atoms with E-state index < -0.39 is 0 Å². The summed E-state index contributed by atoms with van der Waals surface area (Å²) in [6.45, 7) is 7.98. The van der Waals surface area contributed by atoms with Crippen molar-refractivity contribution in [2.24, 2.45) is 0 Å². The minimum atomic E-state index is 0.0733. The van der Waals surface area contributed by atoms with E-state index in [0.717, 1.165) is 13.1 Å². The van der Waals surface area contributed by atoms with E-state index in [-0.39, 0.29) is 6.03 Å². The molecule has 2 aliphatic heterocycles. The van der Waals surface area contributed by atoms with E-state index in [1.54, 1.807) is 0 Å². The Balaban J connectivity index is 1.44. The summed E-state index contributed by atoms with van der Waals surface area (Å²) in [5.74, 6) is 0. The van der Waals surface area contributed by atoms with Gasteiger partial charge in [-0.15, -0.1) is 0 Å². The van der Waals surface area contributed by atoms with Crippen LogP contribution in [-0.2, 0) is 6.54 Å². The third kappa shape index (κ3) is 3.27. The van der Waals surface area contributed by atoms with Crippen LogP contribution in [-0.4, -0.2) is 47.5 Å². The molecule has 0 unspecified atom stereocenters. The van der Waals surface area contributed by atoms with Gasteiger partial charge in [-0.3, -0.25) is 4.90 Å². The summed E-state index contributed by atoms with van der Waals surface area (Å²) in [4.78, 5) is 16.7. The van der Waals surface area contributed by atoms with Crippen LogP contribution < -0.4 is 5.32 Å². The molecule has 1 aromatic rings. The number of carbonyl (C=O) groups is 1. The molecule has 1 N–H and O–H groups in total. The summed E-state index contributed by atoms with van der Waals surface area (Å²) in [7, 11) is 0. The summed E-state index contributed by atoms with van der Waals surface area (Å²) >= 11 is 0. The zero-order chi connectivity index (χ0) is 15.5. The van der Waals surface area contributed by atoms with Crippen molar-refractivity contribution in [2.45, 2.75) is 51.7 Å². The topological polar surface area (TPSA) is 35.6 Å². The number of aryl methyl sites for hydroxylation is 1. The standard InChI is InChI=1S/C18H27N3O/c1-14-7-3-4-9-16(14)11-19-18(22)20-12-17(13-20)21-10-6-5-8-15(21)2/h3-4,7,9,15,17H,5-6,8,10-13H2,1-2H3,(H,19,22)/t15-/m1/s1. The Kier molecular flexibility index (Phi) is 4.67. The van der Waals surface area contributed by atoms with Crippen LogP contribution in [0.4, 0.5) is 4.79 Å². The third-order valence-electron chi connectivity index (χ3n) is 5.16. The van der Waals surface area contributed by atoms with Crippen molar-refractivity contribution < 1.29 is 4.79 Å². The maximum Gasteiger partial charge on any atom is 0.317 e. The van der Waals surface area contributed by atoms with E-state index >= 15 is 0 Å². The highest BCUT2D eigenvalue weighted by Crippen LogP contribution is 2.24. The molecule has 2 aliphatic rings. The number of rotatable bonds is 3. The molecule has 0 saturated carbocycles. The normalized spacial score (nSPS) is 23.2. The van der Waals surface area contributed by atoms with E-state index in [0.29, 0.717) is 18.6 Å². The van der Waals surface area contributed by atoms with Crippen molar-refractivity contribution >= 4 is 6.03 Å². The van der Waals surface area contributed by atoms with Crippen molar-refractivity contribution in [3.05, 3.63) is 35.4 Å². The maximum absolute atomic E-state index is 12.2. The molecule has 2 saturated heterocycles. The molecule has 1 atom stereocenters. The lowest BCUT2D eigenvalue weighted by Crippen LogP contribution is -2.64. The first kappa shape index (κ1) is 15.3. The highest BCUT2D eigenvalue weighted by molar-refractivity contribution is 5.75. The van der Waals surface area contributed by atoms with Crippen LogP contribution in [0.5, 0.6) is 0 Å². The highest BCUT2D eigenvalue weighted by atomic mass is 16.2. The lowest BCUT2D eigenvalue weighted by molar-refractivity contribution is 0.0169. The monoisotopic (exact) mass is 301 g/mol. The number of hydrogen-bond acceptors (Lipinski definition) is 2. The number of amides is 2. The van der Waals surface area contributed by atoms with Gasteiger partial charge in [0.1, 0.15) is 0 Å². The second-order valence-electron chi connectivity index (χ2n) is 6.73. The van der Waals surface area contributed by atoms with Crippen LogP contribution in [0.15, 0.2) is 24.3 Å². The summed E-state index contributed by atoms with van der Waals surface area (Å²) in [6.07, 6.45) is 3.96. The lowest BCUT2D eigenvalue weighted by Gasteiger charge is -2.49. The van der Waals surface area contributed by atoms with Gasteiger partial charge in [0, 0.05) is 31.7 Å². The Labute approximate surface area is 133 Å². The predicted molar refractivity (Wildman–Crippen MR) is 88.8 cm³/mol. The fraction of sp³-hybridized carbons (Fsp3) is 0.611. The minimum Gasteiger partial charge on any atom is -0.334 e. The molecule has 2 fully saturated rings. The molecule has 2 heterocycles. The van der Waals surface area contributed by atoms with E-state index in [9.17, 15) is 4.79 Å². The first-order valence-corrected chi connectivity index (χ1v) is 8.48. The number of nitrogens with one attached hydrogen (secondary N) is 1. The van der Waals surface area contributed by atoms with E-state index in [1.165, 1.54) is 36.9 Å². The number of benzene rings is 1. The first-order valence-electron chi connectivity index (χ1n) is 8.48. The number of piperidine rings is 1. The summed E-state index contributed by atoms with van der Waals surface area (Å²) in [6, 6.07) is 9.52. The Morgan fingerprint density at radius 3 is 2.77 bits per heavy atom. The van der Waals surface area contributed by atoms with Crippen LogP contribution in [0.2, 0.25) is 0 Å². The minimum absolute atomic E-state index is 0.0733. The Morgan fingerprint density at radius 1 is 1.27 bits per heavy atom. The second-order valence-corrected chi connectivity index (χ2v) is 6.73. The van der Waals surface area contributed by atoms with Crippen molar-refractivity contribution in [2.75, 3.05) is 19.6 Å². The summed E-state index contributed by atoms with van der Waals surface area (Å²) in [5, 5.41) is 3.04. The van der Waals surface area contributed by atoms with Crippen molar-refractivity contribution in [3.8, 4) is 0 Å². The molecule has 3 rings (SSSR count). The van der Waals surface area contributed by atoms with Crippen LogP contribution in [0.3, 0.4) is 0 Å². The second kappa shape index (κ2) is 6.69. The molecular weight excluding hydrogens is 274 g/mol. The summed E-state index contributed by atoms with van der Waals surface area (Å²) in [5.41, 5.74) is 2.42. The molecule has 120 valence electrons.